The summed E-state index contributed by atoms with van der Waals surface area (Å²) in [6.45, 7) is 2.37. The van der Waals surface area contributed by atoms with Gasteiger partial charge < -0.3 is 11.1 Å². The van der Waals surface area contributed by atoms with Gasteiger partial charge in [0.2, 0.25) is 5.91 Å². The Morgan fingerprint density at radius 2 is 2.12 bits per heavy atom. The van der Waals surface area contributed by atoms with Crippen molar-refractivity contribution in [2.45, 2.75) is 32.4 Å². The van der Waals surface area contributed by atoms with Gasteiger partial charge in [-0.05, 0) is 18.6 Å². The Hall–Kier alpha value is -2.74. The van der Waals surface area contributed by atoms with Gasteiger partial charge in [-0.15, -0.1) is 11.3 Å². The van der Waals surface area contributed by atoms with Crippen molar-refractivity contribution in [3.63, 3.8) is 0 Å². The molecule has 1 aromatic heterocycles. The van der Waals surface area contributed by atoms with Gasteiger partial charge in [-0.25, -0.2) is 4.98 Å². The first-order valence-corrected chi connectivity index (χ1v) is 8.89. The highest BCUT2D eigenvalue weighted by molar-refractivity contribution is 7.09. The van der Waals surface area contributed by atoms with Gasteiger partial charge in [0.05, 0.1) is 22.9 Å². The minimum Gasteiger partial charge on any atom is -0.368 e. The molecule has 25 heavy (non-hydrogen) atoms. The van der Waals surface area contributed by atoms with E-state index in [-0.39, 0.29) is 12.3 Å². The van der Waals surface area contributed by atoms with E-state index in [2.05, 4.69) is 15.4 Å². The number of para-hydroxylation sites is 1. The SMILES string of the molecule is CCc1nc(CNC(=O)C2=NN(c3ccccc3)C(C(N)=O)C2)cs1. The van der Waals surface area contributed by atoms with Crippen molar-refractivity contribution in [1.82, 2.24) is 10.3 Å². The lowest BCUT2D eigenvalue weighted by molar-refractivity contribution is -0.119. The largest absolute Gasteiger partial charge is 0.368 e. The number of nitrogens with one attached hydrogen (secondary N) is 1. The third kappa shape index (κ3) is 3.85. The van der Waals surface area contributed by atoms with E-state index in [1.54, 1.807) is 11.3 Å². The first-order valence-electron chi connectivity index (χ1n) is 8.01. The monoisotopic (exact) mass is 357 g/mol. The molecule has 0 fully saturated rings. The lowest BCUT2D eigenvalue weighted by Crippen LogP contribution is -2.39. The normalized spacial score (nSPS) is 16.6. The van der Waals surface area contributed by atoms with Crippen LogP contribution in [0.3, 0.4) is 0 Å². The standard InChI is InChI=1S/C17H19N5O2S/c1-2-15-20-11(10-25-15)9-19-17(24)13-8-14(16(18)23)22(21-13)12-6-4-3-5-7-12/h3-7,10,14H,2,8-9H2,1H3,(H2,18,23)(H,19,24). The van der Waals surface area contributed by atoms with E-state index in [1.807, 2.05) is 42.6 Å². The van der Waals surface area contributed by atoms with Crippen LogP contribution < -0.4 is 16.1 Å². The van der Waals surface area contributed by atoms with E-state index in [1.165, 1.54) is 5.01 Å². The maximum Gasteiger partial charge on any atom is 0.267 e. The van der Waals surface area contributed by atoms with Gasteiger partial charge in [-0.2, -0.15) is 5.10 Å². The molecule has 2 amide bonds. The molecule has 0 saturated carbocycles. The molecule has 130 valence electrons. The summed E-state index contributed by atoms with van der Waals surface area (Å²) in [4.78, 5) is 28.5. The van der Waals surface area contributed by atoms with Gasteiger partial charge in [-0.3, -0.25) is 14.6 Å². The second kappa shape index (κ2) is 7.43. The zero-order chi connectivity index (χ0) is 17.8. The molecule has 1 aliphatic heterocycles. The minimum atomic E-state index is -0.658. The van der Waals surface area contributed by atoms with E-state index < -0.39 is 11.9 Å². The van der Waals surface area contributed by atoms with Crippen LogP contribution in [-0.2, 0) is 22.6 Å². The molecule has 2 heterocycles. The van der Waals surface area contributed by atoms with E-state index in [0.717, 1.165) is 22.8 Å². The topological polar surface area (TPSA) is 101 Å². The third-order valence-electron chi connectivity index (χ3n) is 3.85. The lowest BCUT2D eigenvalue weighted by Gasteiger charge is -2.20. The summed E-state index contributed by atoms with van der Waals surface area (Å²) in [5.74, 6) is -0.821. The van der Waals surface area contributed by atoms with Crippen molar-refractivity contribution < 1.29 is 9.59 Å². The molecule has 0 aliphatic carbocycles. The van der Waals surface area contributed by atoms with Crippen molar-refractivity contribution in [3.05, 3.63) is 46.4 Å². The second-order valence-corrected chi connectivity index (χ2v) is 6.56. The van der Waals surface area contributed by atoms with E-state index in [4.69, 9.17) is 5.73 Å². The number of hydrogen-bond acceptors (Lipinski definition) is 6. The molecule has 7 nitrogen and oxygen atoms in total. The van der Waals surface area contributed by atoms with Crippen LogP contribution >= 0.6 is 11.3 Å². The van der Waals surface area contributed by atoms with E-state index in [9.17, 15) is 9.59 Å². The molecule has 3 N–H and O–H groups in total. The number of nitrogens with zero attached hydrogens (tertiary/aromatic N) is 3. The van der Waals surface area contributed by atoms with Crippen LogP contribution in [0.2, 0.25) is 0 Å². The van der Waals surface area contributed by atoms with Crippen molar-refractivity contribution >= 4 is 34.6 Å². The molecule has 3 rings (SSSR count). The molecule has 0 saturated heterocycles. The van der Waals surface area contributed by atoms with Gasteiger partial charge >= 0.3 is 0 Å². The van der Waals surface area contributed by atoms with Gasteiger partial charge in [0.25, 0.3) is 5.91 Å². The van der Waals surface area contributed by atoms with Crippen molar-refractivity contribution in [2.24, 2.45) is 10.8 Å². The quantitative estimate of drug-likeness (QED) is 0.817. The summed E-state index contributed by atoms with van der Waals surface area (Å²) >= 11 is 1.57. The number of hydrazone groups is 1. The zero-order valence-corrected chi connectivity index (χ0v) is 14.6. The van der Waals surface area contributed by atoms with E-state index >= 15 is 0 Å². The van der Waals surface area contributed by atoms with Gasteiger partial charge in [-0.1, -0.05) is 25.1 Å². The number of aromatic nitrogens is 1. The number of anilines is 1. The Labute approximate surface area is 149 Å². The van der Waals surface area contributed by atoms with Crippen molar-refractivity contribution in [3.8, 4) is 0 Å². The molecule has 1 atom stereocenters. The molecular formula is C17H19N5O2S. The fraction of sp³-hybridized carbons (Fsp3) is 0.294. The van der Waals surface area contributed by atoms with Gasteiger partial charge in [0.15, 0.2) is 0 Å². The number of aryl methyl sites for hydroxylation is 1. The first-order chi connectivity index (χ1) is 12.1. The summed E-state index contributed by atoms with van der Waals surface area (Å²) < 4.78 is 0. The Morgan fingerprint density at radius 3 is 2.76 bits per heavy atom. The molecule has 1 aliphatic rings. The highest BCUT2D eigenvalue weighted by Crippen LogP contribution is 2.24. The second-order valence-electron chi connectivity index (χ2n) is 5.62. The Morgan fingerprint density at radius 1 is 1.36 bits per heavy atom. The van der Waals surface area contributed by atoms with Crippen LogP contribution in [0.4, 0.5) is 5.69 Å². The summed E-state index contributed by atoms with van der Waals surface area (Å²) in [5.41, 5.74) is 7.31. The number of benzene rings is 1. The summed E-state index contributed by atoms with van der Waals surface area (Å²) in [7, 11) is 0. The number of thiazole rings is 1. The lowest BCUT2D eigenvalue weighted by atomic mass is 10.1. The van der Waals surface area contributed by atoms with Crippen LogP contribution in [0, 0.1) is 0 Å². The Bertz CT molecular complexity index is 802. The molecule has 0 radical (unpaired) electrons. The molecule has 8 heteroatoms. The van der Waals surface area contributed by atoms with Crippen LogP contribution in [0.25, 0.3) is 0 Å². The smallest absolute Gasteiger partial charge is 0.267 e. The number of amides is 2. The highest BCUT2D eigenvalue weighted by Gasteiger charge is 2.34. The first kappa shape index (κ1) is 17.1. The molecule has 2 aromatic rings. The average molecular weight is 357 g/mol. The average Bonchev–Trinajstić information content (AvgIpc) is 3.27. The van der Waals surface area contributed by atoms with Crippen LogP contribution in [-0.4, -0.2) is 28.6 Å². The number of nitrogens with two attached hydrogens (primary N) is 1. The minimum absolute atomic E-state index is 0.188. The number of rotatable bonds is 6. The predicted octanol–water partition coefficient (Wildman–Crippen LogP) is 1.44. The Balaban J connectivity index is 1.70. The summed E-state index contributed by atoms with van der Waals surface area (Å²) in [5, 5.41) is 11.6. The number of primary amides is 1. The predicted molar refractivity (Wildman–Crippen MR) is 97.3 cm³/mol. The van der Waals surface area contributed by atoms with Crippen molar-refractivity contribution in [1.29, 1.82) is 0 Å². The van der Waals surface area contributed by atoms with Gasteiger partial charge in [0.1, 0.15) is 11.8 Å². The number of carbonyl (C=O) groups is 2. The fourth-order valence-electron chi connectivity index (χ4n) is 2.55. The molecule has 0 bridgehead atoms. The summed E-state index contributed by atoms with van der Waals surface area (Å²) in [6.07, 6.45) is 1.06. The highest BCUT2D eigenvalue weighted by atomic mass is 32.1. The fourth-order valence-corrected chi connectivity index (χ4v) is 3.30. The molecule has 1 unspecified atom stereocenters. The van der Waals surface area contributed by atoms with Gasteiger partial charge in [0, 0.05) is 11.8 Å². The van der Waals surface area contributed by atoms with Crippen LogP contribution in [0.15, 0.2) is 40.8 Å². The van der Waals surface area contributed by atoms with Crippen LogP contribution in [0.1, 0.15) is 24.0 Å². The third-order valence-corrected chi connectivity index (χ3v) is 4.90. The molecule has 0 spiro atoms. The Kier molecular flexibility index (Phi) is 5.08. The maximum atomic E-state index is 12.4. The van der Waals surface area contributed by atoms with E-state index in [0.29, 0.717) is 12.3 Å². The molecular weight excluding hydrogens is 338 g/mol. The summed E-state index contributed by atoms with van der Waals surface area (Å²) in [6, 6.07) is 8.54. The number of hydrogen-bond donors (Lipinski definition) is 2. The van der Waals surface area contributed by atoms with Crippen LogP contribution in [0.5, 0.6) is 0 Å². The maximum absolute atomic E-state index is 12.4. The number of carbonyl (C=O) groups excluding carboxylic acids is 2. The van der Waals surface area contributed by atoms with Crippen molar-refractivity contribution in [2.75, 3.05) is 5.01 Å². The molecule has 1 aromatic carbocycles. The zero-order valence-electron chi connectivity index (χ0n) is 13.8.